The van der Waals surface area contributed by atoms with E-state index in [0.29, 0.717) is 10.5 Å². The third-order valence-electron chi connectivity index (χ3n) is 1.79. The summed E-state index contributed by atoms with van der Waals surface area (Å²) in [4.78, 5) is 18.0. The standard InChI is InChI=1S/C9H8N4OS/c10-8(11)13-9-12-7(14)5-3-1-2-4-6(5)15-9/h1-4H,(H4,10,11,12,13,14)/p+1. The van der Waals surface area contributed by atoms with Crippen LogP contribution in [-0.2, 0) is 0 Å². The van der Waals surface area contributed by atoms with Crippen molar-refractivity contribution in [3.05, 3.63) is 34.6 Å². The number of rotatable bonds is 1. The second-order valence-corrected chi connectivity index (χ2v) is 3.92. The quantitative estimate of drug-likeness (QED) is 0.523. The molecule has 2 aromatic rings. The van der Waals surface area contributed by atoms with Crippen molar-refractivity contribution in [3.8, 4) is 0 Å². The minimum atomic E-state index is -0.190. The number of fused-ring (bicyclic) bond motifs is 1. The summed E-state index contributed by atoms with van der Waals surface area (Å²) >= 11 is 1.33. The molecule has 1 heterocycles. The number of hydrogen-bond donors (Lipinski definition) is 2. The van der Waals surface area contributed by atoms with E-state index in [1.54, 1.807) is 6.07 Å². The Kier molecular flexibility index (Phi) is 2.34. The Bertz CT molecular complexity index is 586. The Hall–Kier alpha value is -1.95. The first kappa shape index (κ1) is 9.60. The van der Waals surface area contributed by atoms with Gasteiger partial charge in [0.15, 0.2) is 0 Å². The van der Waals surface area contributed by atoms with Crippen LogP contribution >= 0.6 is 11.3 Å². The predicted molar refractivity (Wildman–Crippen MR) is 60.1 cm³/mol. The van der Waals surface area contributed by atoms with E-state index >= 15 is 0 Å². The molecule has 76 valence electrons. The molecule has 5 N–H and O–H groups in total. The zero-order chi connectivity index (χ0) is 10.8. The molecule has 0 unspecified atom stereocenters. The van der Waals surface area contributed by atoms with Crippen molar-refractivity contribution >= 4 is 32.5 Å². The van der Waals surface area contributed by atoms with Crippen LogP contribution in [0.2, 0.25) is 0 Å². The maximum absolute atomic E-state index is 11.6. The van der Waals surface area contributed by atoms with Gasteiger partial charge < -0.3 is 11.5 Å². The molecule has 0 atom stereocenters. The van der Waals surface area contributed by atoms with Gasteiger partial charge in [-0.1, -0.05) is 12.1 Å². The molecule has 5 nitrogen and oxygen atoms in total. The van der Waals surface area contributed by atoms with Crippen molar-refractivity contribution in [3.63, 3.8) is 0 Å². The summed E-state index contributed by atoms with van der Waals surface area (Å²) in [5.41, 5.74) is 10.3. The van der Waals surface area contributed by atoms with Gasteiger partial charge in [0.1, 0.15) is 0 Å². The number of aliphatic imine (C=N–C) groups is 1. The molecule has 0 aliphatic carbocycles. The normalized spacial score (nSPS) is 10.1. The highest BCUT2D eigenvalue weighted by Gasteiger charge is 2.09. The van der Waals surface area contributed by atoms with Gasteiger partial charge in [0.25, 0.3) is 0 Å². The molecule has 0 bridgehead atoms. The van der Waals surface area contributed by atoms with E-state index in [-0.39, 0.29) is 11.5 Å². The number of nitrogens with two attached hydrogens (primary N) is 2. The average Bonchev–Trinajstić information content (AvgIpc) is 2.16. The summed E-state index contributed by atoms with van der Waals surface area (Å²) in [7, 11) is 0. The lowest BCUT2D eigenvalue weighted by atomic mass is 10.3. The van der Waals surface area contributed by atoms with Gasteiger partial charge in [-0.15, -0.1) is 0 Å². The second kappa shape index (κ2) is 3.66. The maximum atomic E-state index is 11.6. The second-order valence-electron chi connectivity index (χ2n) is 2.89. The van der Waals surface area contributed by atoms with Crippen LogP contribution in [0.15, 0.2) is 34.1 Å². The van der Waals surface area contributed by atoms with Crippen molar-refractivity contribution in [2.24, 2.45) is 16.5 Å². The average molecular weight is 221 g/mol. The first-order valence-corrected chi connectivity index (χ1v) is 5.03. The van der Waals surface area contributed by atoms with Crippen molar-refractivity contribution in [1.29, 1.82) is 0 Å². The Morgan fingerprint density at radius 2 is 2.07 bits per heavy atom. The largest absolute Gasteiger partial charge is 0.387 e. The summed E-state index contributed by atoms with van der Waals surface area (Å²) in [5, 5.41) is 1.04. The zero-order valence-electron chi connectivity index (χ0n) is 7.73. The predicted octanol–water partition coefficient (Wildman–Crippen LogP) is -0.0195. The first-order valence-electron chi connectivity index (χ1n) is 4.21. The van der Waals surface area contributed by atoms with Gasteiger partial charge in [-0.05, 0) is 23.5 Å². The van der Waals surface area contributed by atoms with Gasteiger partial charge in [-0.25, -0.2) is 4.79 Å². The van der Waals surface area contributed by atoms with Crippen molar-refractivity contribution in [1.82, 2.24) is 0 Å². The van der Waals surface area contributed by atoms with E-state index < -0.39 is 0 Å². The molecule has 0 aliphatic rings. The number of guanidine groups is 1. The lowest BCUT2D eigenvalue weighted by Gasteiger charge is -1.91. The molecule has 0 saturated carbocycles. The van der Waals surface area contributed by atoms with Crippen LogP contribution in [0, 0.1) is 0 Å². The topological polar surface area (TPSA) is 95.6 Å². The Morgan fingerprint density at radius 3 is 2.80 bits per heavy atom. The molecule has 1 aromatic heterocycles. The highest BCUT2D eigenvalue weighted by molar-refractivity contribution is 7.21. The molecular weight excluding hydrogens is 212 g/mol. The molecular formula is C9H9N4OS+. The van der Waals surface area contributed by atoms with Gasteiger partial charge in [0, 0.05) is 4.99 Å². The molecule has 0 fully saturated rings. The monoisotopic (exact) mass is 221 g/mol. The number of nitrogens with one attached hydrogen (secondary N) is 1. The molecule has 15 heavy (non-hydrogen) atoms. The third-order valence-corrected chi connectivity index (χ3v) is 2.75. The third kappa shape index (κ3) is 1.94. The lowest BCUT2D eigenvalue weighted by Crippen LogP contribution is -2.28. The molecule has 2 rings (SSSR count). The van der Waals surface area contributed by atoms with Crippen molar-refractivity contribution < 1.29 is 4.98 Å². The first-order chi connectivity index (χ1) is 7.16. The van der Waals surface area contributed by atoms with E-state index in [9.17, 15) is 4.79 Å². The summed E-state index contributed by atoms with van der Waals surface area (Å²) in [6.07, 6.45) is 0. The highest BCUT2D eigenvalue weighted by Crippen LogP contribution is 2.19. The Labute approximate surface area is 89.1 Å². The Balaban J connectivity index is 2.73. The van der Waals surface area contributed by atoms with E-state index in [2.05, 4.69) is 9.98 Å². The van der Waals surface area contributed by atoms with Gasteiger partial charge in [-0.2, -0.15) is 4.98 Å². The molecule has 0 spiro atoms. The minimum Gasteiger partial charge on any atom is -0.348 e. The number of hydrogen-bond acceptors (Lipinski definition) is 3. The zero-order valence-corrected chi connectivity index (χ0v) is 8.54. The summed E-state index contributed by atoms with van der Waals surface area (Å²) in [6.45, 7) is 0. The number of benzene rings is 1. The number of H-pyrrole nitrogens is 1. The van der Waals surface area contributed by atoms with Gasteiger partial charge in [0.05, 0.1) is 10.1 Å². The van der Waals surface area contributed by atoms with E-state index in [0.717, 1.165) is 4.70 Å². The summed E-state index contributed by atoms with van der Waals surface area (Å²) in [5.74, 6) is -0.0721. The molecule has 6 heteroatoms. The number of nitrogens with zero attached hydrogens (tertiary/aromatic N) is 1. The maximum Gasteiger partial charge on any atom is 0.387 e. The smallest absolute Gasteiger partial charge is 0.348 e. The van der Waals surface area contributed by atoms with E-state index in [1.807, 2.05) is 18.2 Å². The minimum absolute atomic E-state index is 0.0721. The number of aromatic amines is 1. The lowest BCUT2D eigenvalue weighted by molar-refractivity contribution is -0.375. The fourth-order valence-electron chi connectivity index (χ4n) is 1.21. The fraction of sp³-hybridized carbons (Fsp3) is 0. The SMILES string of the molecule is NC(N)=Nc1[nH+]c(=O)c2ccccc2s1. The number of aromatic nitrogens is 1. The van der Waals surface area contributed by atoms with Gasteiger partial charge in [-0.3, -0.25) is 0 Å². The molecule has 0 amide bonds. The van der Waals surface area contributed by atoms with Crippen LogP contribution in [0.5, 0.6) is 0 Å². The van der Waals surface area contributed by atoms with Crippen LogP contribution in [0.25, 0.3) is 10.1 Å². The van der Waals surface area contributed by atoms with Gasteiger partial charge >= 0.3 is 16.7 Å². The highest BCUT2D eigenvalue weighted by atomic mass is 32.1. The van der Waals surface area contributed by atoms with Crippen LogP contribution in [-0.4, -0.2) is 5.96 Å². The van der Waals surface area contributed by atoms with E-state index in [1.165, 1.54) is 11.3 Å². The van der Waals surface area contributed by atoms with E-state index in [4.69, 9.17) is 11.5 Å². The van der Waals surface area contributed by atoms with Crippen LogP contribution in [0.4, 0.5) is 5.13 Å². The van der Waals surface area contributed by atoms with Crippen molar-refractivity contribution in [2.45, 2.75) is 0 Å². The van der Waals surface area contributed by atoms with Gasteiger partial charge in [0.2, 0.25) is 0 Å². The fourth-order valence-corrected chi connectivity index (χ4v) is 2.13. The Morgan fingerprint density at radius 1 is 1.33 bits per heavy atom. The summed E-state index contributed by atoms with van der Waals surface area (Å²) in [6, 6.07) is 7.27. The van der Waals surface area contributed by atoms with Crippen LogP contribution in [0.1, 0.15) is 0 Å². The van der Waals surface area contributed by atoms with Crippen LogP contribution in [0.3, 0.4) is 0 Å². The van der Waals surface area contributed by atoms with Crippen molar-refractivity contribution in [2.75, 3.05) is 0 Å². The van der Waals surface area contributed by atoms with Crippen LogP contribution < -0.4 is 22.0 Å². The molecule has 1 aromatic carbocycles. The molecule has 0 aliphatic heterocycles. The molecule has 0 saturated heterocycles. The summed E-state index contributed by atoms with van der Waals surface area (Å²) < 4.78 is 0.848. The molecule has 0 radical (unpaired) electrons.